The summed E-state index contributed by atoms with van der Waals surface area (Å²) >= 11 is 0. The fourth-order valence-corrected chi connectivity index (χ4v) is 3.45. The molecule has 0 aliphatic rings. The van der Waals surface area contributed by atoms with Gasteiger partial charge in [-0.2, -0.15) is 0 Å². The van der Waals surface area contributed by atoms with Crippen molar-refractivity contribution in [3.63, 3.8) is 0 Å². The third kappa shape index (κ3) is 7.41. The van der Waals surface area contributed by atoms with Crippen LogP contribution < -0.4 is 19.5 Å². The smallest absolute Gasteiger partial charge is 0.242 e. The summed E-state index contributed by atoms with van der Waals surface area (Å²) in [5.41, 5.74) is 1.86. The zero-order valence-electron chi connectivity index (χ0n) is 20.5. The molecule has 7 heteroatoms. The lowest BCUT2D eigenvalue weighted by atomic mass is 10.1. The van der Waals surface area contributed by atoms with Gasteiger partial charge in [0.25, 0.3) is 0 Å². The van der Waals surface area contributed by atoms with Gasteiger partial charge in [-0.25, -0.2) is 0 Å². The highest BCUT2D eigenvalue weighted by atomic mass is 16.5. The molecule has 0 heterocycles. The predicted molar refractivity (Wildman–Crippen MR) is 129 cm³/mol. The second-order valence-corrected chi connectivity index (χ2v) is 8.06. The molecule has 0 fully saturated rings. The Morgan fingerprint density at radius 1 is 0.939 bits per heavy atom. The number of nitrogens with one attached hydrogen (secondary N) is 1. The number of hydrogen-bond donors (Lipinski definition) is 1. The van der Waals surface area contributed by atoms with E-state index in [0.29, 0.717) is 30.2 Å². The van der Waals surface area contributed by atoms with Gasteiger partial charge < -0.3 is 24.4 Å². The average molecular weight is 457 g/mol. The Bertz CT molecular complexity index is 931. The van der Waals surface area contributed by atoms with Crippen molar-refractivity contribution >= 4 is 11.8 Å². The maximum absolute atomic E-state index is 13.3. The first-order valence-corrected chi connectivity index (χ1v) is 11.3. The van der Waals surface area contributed by atoms with Crippen LogP contribution in [0.5, 0.6) is 17.2 Å². The first kappa shape index (κ1) is 26.0. The van der Waals surface area contributed by atoms with Crippen LogP contribution in [0, 0.1) is 0 Å². The Hall–Kier alpha value is -3.22. The first-order chi connectivity index (χ1) is 15.8. The van der Waals surface area contributed by atoms with Gasteiger partial charge >= 0.3 is 0 Å². The molecule has 2 amide bonds. The molecule has 0 saturated heterocycles. The molecule has 7 nitrogen and oxygen atoms in total. The van der Waals surface area contributed by atoms with Crippen molar-refractivity contribution in [2.75, 3.05) is 21.3 Å². The van der Waals surface area contributed by atoms with Crippen LogP contribution in [0.25, 0.3) is 0 Å². The lowest BCUT2D eigenvalue weighted by Gasteiger charge is -2.30. The number of methoxy groups -OCH3 is 3. The molecule has 0 spiro atoms. The summed E-state index contributed by atoms with van der Waals surface area (Å²) in [5.74, 6) is 1.72. The molecule has 0 aliphatic heterocycles. The Morgan fingerprint density at radius 2 is 1.67 bits per heavy atom. The van der Waals surface area contributed by atoms with Gasteiger partial charge in [0.1, 0.15) is 11.8 Å². The Kier molecular flexibility index (Phi) is 10.0. The largest absolute Gasteiger partial charge is 0.497 e. The fraction of sp³-hybridized carbons (Fsp3) is 0.462. The number of ether oxygens (including phenoxy) is 3. The van der Waals surface area contributed by atoms with Crippen LogP contribution in [0.15, 0.2) is 42.5 Å². The summed E-state index contributed by atoms with van der Waals surface area (Å²) in [6.45, 7) is 6.05. The van der Waals surface area contributed by atoms with E-state index in [4.69, 9.17) is 14.2 Å². The van der Waals surface area contributed by atoms with Crippen LogP contribution in [0.1, 0.15) is 44.7 Å². The standard InChI is InChI=1S/C26H36N2O5/c1-7-18(2)27-26(30)19(3)28(17-21-9-8-10-22(15-21)31-4)25(29)14-12-20-11-13-23(32-5)24(16-20)33-6/h8-11,13,15-16,18-19H,7,12,14,17H2,1-6H3,(H,27,30). The molecule has 0 bridgehead atoms. The minimum Gasteiger partial charge on any atom is -0.497 e. The first-order valence-electron chi connectivity index (χ1n) is 11.3. The van der Waals surface area contributed by atoms with Crippen molar-refractivity contribution in [3.8, 4) is 17.2 Å². The van der Waals surface area contributed by atoms with Gasteiger partial charge in [-0.1, -0.05) is 25.1 Å². The highest BCUT2D eigenvalue weighted by Crippen LogP contribution is 2.28. The lowest BCUT2D eigenvalue weighted by Crippen LogP contribution is -2.49. The molecule has 2 atom stereocenters. The van der Waals surface area contributed by atoms with Crippen molar-refractivity contribution < 1.29 is 23.8 Å². The summed E-state index contributed by atoms with van der Waals surface area (Å²) < 4.78 is 16.0. The maximum atomic E-state index is 13.3. The SMILES string of the molecule is CCC(C)NC(=O)C(C)N(Cc1cccc(OC)c1)C(=O)CCc1ccc(OC)c(OC)c1. The number of hydrogen-bond acceptors (Lipinski definition) is 5. The van der Waals surface area contributed by atoms with Crippen molar-refractivity contribution in [2.24, 2.45) is 0 Å². The van der Waals surface area contributed by atoms with E-state index in [2.05, 4.69) is 5.32 Å². The number of amides is 2. The fourth-order valence-electron chi connectivity index (χ4n) is 3.45. The van der Waals surface area contributed by atoms with E-state index in [0.717, 1.165) is 17.5 Å². The average Bonchev–Trinajstić information content (AvgIpc) is 2.84. The highest BCUT2D eigenvalue weighted by molar-refractivity contribution is 5.87. The summed E-state index contributed by atoms with van der Waals surface area (Å²) in [4.78, 5) is 27.8. The number of aryl methyl sites for hydroxylation is 1. The van der Waals surface area contributed by atoms with Crippen molar-refractivity contribution in [2.45, 2.75) is 58.7 Å². The molecule has 2 aromatic rings. The molecular formula is C26H36N2O5. The normalized spacial score (nSPS) is 12.4. The Labute approximate surface area is 197 Å². The monoisotopic (exact) mass is 456 g/mol. The number of carbonyl (C=O) groups excluding carboxylic acids is 2. The van der Waals surface area contributed by atoms with Crippen LogP contribution in [-0.2, 0) is 22.6 Å². The van der Waals surface area contributed by atoms with E-state index >= 15 is 0 Å². The Morgan fingerprint density at radius 3 is 2.30 bits per heavy atom. The summed E-state index contributed by atoms with van der Waals surface area (Å²) in [7, 11) is 4.77. The van der Waals surface area contributed by atoms with E-state index in [1.54, 1.807) is 33.2 Å². The zero-order valence-corrected chi connectivity index (χ0v) is 20.5. The van der Waals surface area contributed by atoms with Crippen molar-refractivity contribution in [1.29, 1.82) is 0 Å². The van der Waals surface area contributed by atoms with Crippen molar-refractivity contribution in [3.05, 3.63) is 53.6 Å². The maximum Gasteiger partial charge on any atom is 0.242 e. The summed E-state index contributed by atoms with van der Waals surface area (Å²) in [6, 6.07) is 12.6. The third-order valence-corrected chi connectivity index (χ3v) is 5.73. The third-order valence-electron chi connectivity index (χ3n) is 5.73. The molecule has 2 aromatic carbocycles. The molecule has 2 rings (SSSR count). The molecule has 0 aliphatic carbocycles. The Balaban J connectivity index is 2.20. The van der Waals surface area contributed by atoms with E-state index in [1.807, 2.05) is 56.3 Å². The van der Waals surface area contributed by atoms with Crippen LogP contribution in [0.4, 0.5) is 0 Å². The van der Waals surface area contributed by atoms with E-state index in [1.165, 1.54) is 0 Å². The predicted octanol–water partition coefficient (Wildman–Crippen LogP) is 3.98. The topological polar surface area (TPSA) is 77.1 Å². The van der Waals surface area contributed by atoms with Gasteiger partial charge in [-0.15, -0.1) is 0 Å². The number of rotatable bonds is 12. The van der Waals surface area contributed by atoms with Crippen molar-refractivity contribution in [1.82, 2.24) is 10.2 Å². The van der Waals surface area contributed by atoms with Crippen LogP contribution in [-0.4, -0.2) is 50.1 Å². The highest BCUT2D eigenvalue weighted by Gasteiger charge is 2.26. The molecule has 0 radical (unpaired) electrons. The molecule has 1 N–H and O–H groups in total. The van der Waals surface area contributed by atoms with E-state index < -0.39 is 6.04 Å². The second-order valence-electron chi connectivity index (χ2n) is 8.06. The van der Waals surface area contributed by atoms with E-state index in [9.17, 15) is 9.59 Å². The van der Waals surface area contributed by atoms with Gasteiger partial charge in [0.15, 0.2) is 11.5 Å². The number of benzene rings is 2. The quantitative estimate of drug-likeness (QED) is 0.523. The lowest BCUT2D eigenvalue weighted by molar-refractivity contribution is -0.140. The van der Waals surface area contributed by atoms with E-state index in [-0.39, 0.29) is 24.3 Å². The molecule has 33 heavy (non-hydrogen) atoms. The van der Waals surface area contributed by atoms with Gasteiger partial charge in [0, 0.05) is 19.0 Å². The number of nitrogens with zero attached hydrogens (tertiary/aromatic N) is 1. The van der Waals surface area contributed by atoms with Gasteiger partial charge in [0.05, 0.1) is 21.3 Å². The van der Waals surface area contributed by atoms with Gasteiger partial charge in [-0.3, -0.25) is 9.59 Å². The molecule has 0 aromatic heterocycles. The zero-order chi connectivity index (χ0) is 24.4. The summed E-state index contributed by atoms with van der Waals surface area (Å²) in [6.07, 6.45) is 1.61. The van der Waals surface area contributed by atoms with Crippen LogP contribution in [0.3, 0.4) is 0 Å². The van der Waals surface area contributed by atoms with Crippen LogP contribution >= 0.6 is 0 Å². The molecule has 0 saturated carbocycles. The van der Waals surface area contributed by atoms with Gasteiger partial charge in [0.2, 0.25) is 11.8 Å². The molecular weight excluding hydrogens is 420 g/mol. The summed E-state index contributed by atoms with van der Waals surface area (Å²) in [5, 5.41) is 2.99. The van der Waals surface area contributed by atoms with Gasteiger partial charge in [-0.05, 0) is 62.1 Å². The molecule has 2 unspecified atom stereocenters. The van der Waals surface area contributed by atoms with Crippen LogP contribution in [0.2, 0.25) is 0 Å². The number of carbonyl (C=O) groups is 2. The minimum absolute atomic E-state index is 0.0421. The minimum atomic E-state index is -0.608. The molecule has 180 valence electrons. The second kappa shape index (κ2) is 12.7.